The number of halogens is 1. The fourth-order valence-electron chi connectivity index (χ4n) is 2.90. The van der Waals surface area contributed by atoms with Crippen LogP contribution in [0.1, 0.15) is 65.2 Å². The maximum atomic E-state index is 12.6. The van der Waals surface area contributed by atoms with E-state index in [2.05, 4.69) is 18.7 Å². The summed E-state index contributed by atoms with van der Waals surface area (Å²) in [5.41, 5.74) is 0. The highest BCUT2D eigenvalue weighted by Crippen LogP contribution is 2.25. The van der Waals surface area contributed by atoms with Gasteiger partial charge in [-0.3, -0.25) is 4.79 Å². The van der Waals surface area contributed by atoms with Crippen LogP contribution in [0.5, 0.6) is 0 Å². The Bertz CT molecular complexity index is 243. The molecule has 1 amide bonds. The van der Waals surface area contributed by atoms with Crippen molar-refractivity contribution in [2.45, 2.75) is 71.3 Å². The van der Waals surface area contributed by atoms with Crippen LogP contribution < -0.4 is 0 Å². The summed E-state index contributed by atoms with van der Waals surface area (Å²) in [6, 6.07) is 0.402. The molecule has 0 aliphatic carbocycles. The number of carbonyl (C=O) groups excluding carboxylic acids is 1. The summed E-state index contributed by atoms with van der Waals surface area (Å²) in [7, 11) is 0. The number of likely N-dealkylation sites (tertiary alicyclic amines) is 1. The van der Waals surface area contributed by atoms with E-state index < -0.39 is 0 Å². The molecule has 0 saturated carbocycles. The van der Waals surface area contributed by atoms with Crippen LogP contribution in [-0.4, -0.2) is 29.3 Å². The van der Waals surface area contributed by atoms with Gasteiger partial charge in [-0.15, -0.1) is 11.6 Å². The lowest BCUT2D eigenvalue weighted by atomic mass is 9.93. The van der Waals surface area contributed by atoms with Crippen molar-refractivity contribution in [1.82, 2.24) is 4.90 Å². The summed E-state index contributed by atoms with van der Waals surface area (Å²) >= 11 is 5.86. The van der Waals surface area contributed by atoms with E-state index in [0.717, 1.165) is 45.1 Å². The molecule has 3 heteroatoms. The second-order valence-electron chi connectivity index (χ2n) is 5.41. The summed E-state index contributed by atoms with van der Waals surface area (Å²) < 4.78 is 0. The molecule has 0 aromatic rings. The van der Waals surface area contributed by atoms with Crippen molar-refractivity contribution in [2.75, 3.05) is 12.4 Å². The van der Waals surface area contributed by atoms with E-state index in [-0.39, 0.29) is 5.92 Å². The molecule has 0 bridgehead atoms. The first-order valence-corrected chi connectivity index (χ1v) is 8.14. The van der Waals surface area contributed by atoms with E-state index in [1.165, 1.54) is 12.8 Å². The third kappa shape index (κ3) is 4.46. The minimum Gasteiger partial charge on any atom is -0.339 e. The number of rotatable bonds is 7. The van der Waals surface area contributed by atoms with Crippen molar-refractivity contribution < 1.29 is 4.79 Å². The maximum absolute atomic E-state index is 12.6. The molecule has 2 nitrogen and oxygen atoms in total. The monoisotopic (exact) mass is 273 g/mol. The van der Waals surface area contributed by atoms with Gasteiger partial charge in [-0.05, 0) is 38.5 Å². The summed E-state index contributed by atoms with van der Waals surface area (Å²) in [5.74, 6) is 1.29. The van der Waals surface area contributed by atoms with Crippen molar-refractivity contribution in [3.8, 4) is 0 Å². The quantitative estimate of drug-likeness (QED) is 0.636. The van der Waals surface area contributed by atoms with Gasteiger partial charge in [0.15, 0.2) is 0 Å². The zero-order chi connectivity index (χ0) is 13.4. The number of alkyl halides is 1. The van der Waals surface area contributed by atoms with Gasteiger partial charge in [0, 0.05) is 24.4 Å². The van der Waals surface area contributed by atoms with Gasteiger partial charge in [0.05, 0.1) is 0 Å². The number of unbranched alkanes of at least 4 members (excludes halogenated alkanes) is 1. The Hall–Kier alpha value is -0.240. The van der Waals surface area contributed by atoms with Gasteiger partial charge in [-0.1, -0.05) is 26.7 Å². The van der Waals surface area contributed by atoms with Gasteiger partial charge in [0.25, 0.3) is 0 Å². The van der Waals surface area contributed by atoms with Gasteiger partial charge in [0.1, 0.15) is 0 Å². The molecule has 0 spiro atoms. The summed E-state index contributed by atoms with van der Waals surface area (Å²) in [5, 5.41) is 0. The molecule has 2 unspecified atom stereocenters. The molecule has 0 aromatic heterocycles. The van der Waals surface area contributed by atoms with Crippen LogP contribution >= 0.6 is 11.6 Å². The maximum Gasteiger partial charge on any atom is 0.225 e. The summed E-state index contributed by atoms with van der Waals surface area (Å²) in [6.07, 6.45) is 8.87. The summed E-state index contributed by atoms with van der Waals surface area (Å²) in [6.45, 7) is 5.27. The first kappa shape index (κ1) is 15.8. The lowest BCUT2D eigenvalue weighted by Crippen LogP contribution is -2.46. The van der Waals surface area contributed by atoms with Crippen molar-refractivity contribution in [2.24, 2.45) is 5.92 Å². The van der Waals surface area contributed by atoms with Crippen LogP contribution in [0.3, 0.4) is 0 Å². The van der Waals surface area contributed by atoms with E-state index >= 15 is 0 Å². The van der Waals surface area contributed by atoms with E-state index in [1.807, 2.05) is 0 Å². The third-order valence-corrected chi connectivity index (χ3v) is 4.32. The van der Waals surface area contributed by atoms with Crippen LogP contribution in [0.4, 0.5) is 0 Å². The SMILES string of the molecule is CCCCC(CC)C(=O)N1CCCCC1CCCl. The fraction of sp³-hybridized carbons (Fsp3) is 0.933. The molecule has 1 heterocycles. The van der Waals surface area contributed by atoms with Gasteiger partial charge in [-0.2, -0.15) is 0 Å². The molecule has 106 valence electrons. The Morgan fingerprint density at radius 1 is 1.39 bits per heavy atom. The topological polar surface area (TPSA) is 20.3 Å². The van der Waals surface area contributed by atoms with Crippen molar-refractivity contribution in [1.29, 1.82) is 0 Å². The second kappa shape index (κ2) is 8.79. The molecule has 1 rings (SSSR count). The third-order valence-electron chi connectivity index (χ3n) is 4.10. The minimum atomic E-state index is 0.237. The van der Waals surface area contributed by atoms with Crippen molar-refractivity contribution in [3.05, 3.63) is 0 Å². The normalized spacial score (nSPS) is 21.9. The van der Waals surface area contributed by atoms with Crippen LogP contribution in [0.2, 0.25) is 0 Å². The smallest absolute Gasteiger partial charge is 0.225 e. The Kier molecular flexibility index (Phi) is 7.73. The molecule has 1 aliphatic rings. The molecular formula is C15H28ClNO. The molecular weight excluding hydrogens is 246 g/mol. The van der Waals surface area contributed by atoms with E-state index in [1.54, 1.807) is 0 Å². The molecule has 0 N–H and O–H groups in total. The largest absolute Gasteiger partial charge is 0.339 e. The van der Waals surface area contributed by atoms with Crippen LogP contribution in [0.15, 0.2) is 0 Å². The van der Waals surface area contributed by atoms with E-state index in [4.69, 9.17) is 11.6 Å². The van der Waals surface area contributed by atoms with Gasteiger partial charge in [-0.25, -0.2) is 0 Å². The Balaban J connectivity index is 2.59. The predicted molar refractivity (Wildman–Crippen MR) is 78.0 cm³/mol. The average Bonchev–Trinajstić information content (AvgIpc) is 2.40. The van der Waals surface area contributed by atoms with E-state index in [0.29, 0.717) is 17.8 Å². The number of piperidine rings is 1. The molecule has 0 radical (unpaired) electrons. The highest BCUT2D eigenvalue weighted by Gasteiger charge is 2.29. The summed E-state index contributed by atoms with van der Waals surface area (Å²) in [4.78, 5) is 14.7. The Morgan fingerprint density at radius 2 is 2.17 bits per heavy atom. The highest BCUT2D eigenvalue weighted by molar-refractivity contribution is 6.17. The van der Waals surface area contributed by atoms with Crippen molar-refractivity contribution >= 4 is 17.5 Å². The zero-order valence-electron chi connectivity index (χ0n) is 12.0. The molecule has 1 aliphatic heterocycles. The molecule has 0 aromatic carbocycles. The van der Waals surface area contributed by atoms with Crippen LogP contribution in [-0.2, 0) is 4.79 Å². The first-order valence-electron chi connectivity index (χ1n) is 7.61. The van der Waals surface area contributed by atoms with Crippen molar-refractivity contribution in [3.63, 3.8) is 0 Å². The number of nitrogens with zero attached hydrogens (tertiary/aromatic N) is 1. The molecule has 2 atom stereocenters. The lowest BCUT2D eigenvalue weighted by molar-refractivity contribution is -0.139. The number of carbonyl (C=O) groups is 1. The highest BCUT2D eigenvalue weighted by atomic mass is 35.5. The number of amides is 1. The number of hydrogen-bond donors (Lipinski definition) is 0. The second-order valence-corrected chi connectivity index (χ2v) is 5.78. The standard InChI is InChI=1S/C15H28ClNO/c1-3-5-8-13(4-2)15(18)17-12-7-6-9-14(17)10-11-16/h13-14H,3-12H2,1-2H3. The first-order chi connectivity index (χ1) is 8.74. The predicted octanol–water partition coefficient (Wildman–Crippen LogP) is 4.21. The zero-order valence-corrected chi connectivity index (χ0v) is 12.7. The Labute approximate surface area is 117 Å². The minimum absolute atomic E-state index is 0.237. The van der Waals surface area contributed by atoms with Gasteiger partial charge < -0.3 is 4.90 Å². The van der Waals surface area contributed by atoms with Gasteiger partial charge in [0.2, 0.25) is 5.91 Å². The Morgan fingerprint density at radius 3 is 2.78 bits per heavy atom. The number of hydrogen-bond acceptors (Lipinski definition) is 1. The molecule has 1 fully saturated rings. The van der Waals surface area contributed by atoms with Crippen LogP contribution in [0.25, 0.3) is 0 Å². The fourth-order valence-corrected chi connectivity index (χ4v) is 3.16. The average molecular weight is 274 g/mol. The lowest BCUT2D eigenvalue weighted by Gasteiger charge is -2.37. The molecule has 1 saturated heterocycles. The molecule has 18 heavy (non-hydrogen) atoms. The van der Waals surface area contributed by atoms with Crippen LogP contribution in [0, 0.1) is 5.92 Å². The van der Waals surface area contributed by atoms with Gasteiger partial charge >= 0.3 is 0 Å². The van der Waals surface area contributed by atoms with E-state index in [9.17, 15) is 4.79 Å².